The molecule has 3 rings (SSSR count). The first-order valence-electron chi connectivity index (χ1n) is 7.96. The molecule has 0 radical (unpaired) electrons. The van der Waals surface area contributed by atoms with Crippen LogP contribution in [0.1, 0.15) is 40.0 Å². The van der Waals surface area contributed by atoms with Gasteiger partial charge >= 0.3 is 0 Å². The molecule has 3 unspecified atom stereocenters. The largest absolute Gasteiger partial charge is 0.312 e. The van der Waals surface area contributed by atoms with Crippen LogP contribution in [0.4, 0.5) is 0 Å². The van der Waals surface area contributed by atoms with Crippen LogP contribution in [-0.4, -0.2) is 61.2 Å². The van der Waals surface area contributed by atoms with E-state index in [2.05, 4.69) is 35.9 Å². The van der Waals surface area contributed by atoms with Crippen molar-refractivity contribution in [2.24, 2.45) is 5.92 Å². The Bertz CT molecular complexity index is 236. The van der Waals surface area contributed by atoms with Crippen molar-refractivity contribution in [3.8, 4) is 0 Å². The van der Waals surface area contributed by atoms with E-state index in [9.17, 15) is 0 Å². The predicted octanol–water partition coefficient (Wildman–Crippen LogP) is 1.79. The number of hydrogen-bond donors (Lipinski definition) is 1. The lowest BCUT2D eigenvalue weighted by Gasteiger charge is -2.51. The van der Waals surface area contributed by atoms with E-state index in [1.807, 2.05) is 0 Å². The van der Waals surface area contributed by atoms with Gasteiger partial charge in [-0.25, -0.2) is 0 Å². The van der Waals surface area contributed by atoms with Crippen LogP contribution in [0.3, 0.4) is 0 Å². The van der Waals surface area contributed by atoms with Gasteiger partial charge < -0.3 is 5.32 Å². The molecular formula is C15H31N3. The lowest BCUT2D eigenvalue weighted by atomic mass is 9.87. The molecule has 0 saturated carbocycles. The van der Waals surface area contributed by atoms with Gasteiger partial charge in [-0.2, -0.15) is 0 Å². The van der Waals surface area contributed by atoms with Crippen molar-refractivity contribution in [3.63, 3.8) is 0 Å². The number of fused-ring (bicyclic) bond motifs is 3. The highest BCUT2D eigenvalue weighted by Gasteiger charge is 2.38. The van der Waals surface area contributed by atoms with Crippen molar-refractivity contribution in [2.75, 3.05) is 39.3 Å². The van der Waals surface area contributed by atoms with E-state index >= 15 is 0 Å². The van der Waals surface area contributed by atoms with Crippen LogP contribution < -0.4 is 5.32 Å². The summed E-state index contributed by atoms with van der Waals surface area (Å²) in [5.74, 6) is 0.798. The maximum atomic E-state index is 3.84. The molecule has 0 aromatic carbocycles. The van der Waals surface area contributed by atoms with Crippen LogP contribution in [0, 0.1) is 5.92 Å². The van der Waals surface area contributed by atoms with Gasteiger partial charge in [0.2, 0.25) is 0 Å². The molecule has 3 aliphatic rings. The fraction of sp³-hybridized carbons (Fsp3) is 1.00. The third-order valence-electron chi connectivity index (χ3n) is 4.72. The van der Waals surface area contributed by atoms with E-state index in [0.29, 0.717) is 6.04 Å². The third-order valence-corrected chi connectivity index (χ3v) is 4.72. The van der Waals surface area contributed by atoms with Crippen molar-refractivity contribution in [2.45, 2.75) is 52.1 Å². The second kappa shape index (κ2) is 6.88. The summed E-state index contributed by atoms with van der Waals surface area (Å²) >= 11 is 0. The average molecular weight is 253 g/mol. The first kappa shape index (κ1) is 14.3. The van der Waals surface area contributed by atoms with Gasteiger partial charge in [0.15, 0.2) is 0 Å². The van der Waals surface area contributed by atoms with Crippen LogP contribution >= 0.6 is 0 Å². The molecule has 2 bridgehead atoms. The van der Waals surface area contributed by atoms with Crippen molar-refractivity contribution < 1.29 is 0 Å². The lowest BCUT2D eigenvalue weighted by molar-refractivity contribution is -0.0125. The number of piperazine rings is 3. The first-order chi connectivity index (χ1) is 8.76. The lowest BCUT2D eigenvalue weighted by Crippen LogP contribution is -2.67. The first-order valence-corrected chi connectivity index (χ1v) is 7.96. The molecule has 1 N–H and O–H groups in total. The molecule has 3 heteroatoms. The topological polar surface area (TPSA) is 18.5 Å². The predicted molar refractivity (Wildman–Crippen MR) is 78.0 cm³/mol. The van der Waals surface area contributed by atoms with Gasteiger partial charge in [0.1, 0.15) is 0 Å². The minimum Gasteiger partial charge on any atom is -0.312 e. The summed E-state index contributed by atoms with van der Waals surface area (Å²) in [5.41, 5.74) is 0. The number of hydrogen-bond acceptors (Lipinski definition) is 3. The molecule has 3 fully saturated rings. The van der Waals surface area contributed by atoms with E-state index in [-0.39, 0.29) is 0 Å². The van der Waals surface area contributed by atoms with E-state index in [1.54, 1.807) is 0 Å². The van der Waals surface area contributed by atoms with Crippen molar-refractivity contribution in [1.29, 1.82) is 0 Å². The Morgan fingerprint density at radius 1 is 1.11 bits per heavy atom. The summed E-state index contributed by atoms with van der Waals surface area (Å²) in [6.45, 7) is 14.6. The second-order valence-corrected chi connectivity index (χ2v) is 6.15. The molecule has 3 heterocycles. The average Bonchev–Trinajstić information content (AvgIpc) is 2.41. The van der Waals surface area contributed by atoms with Crippen LogP contribution in [-0.2, 0) is 0 Å². The molecule has 0 amide bonds. The normalized spacial score (nSPS) is 34.5. The molecule has 0 aliphatic carbocycles. The Morgan fingerprint density at radius 2 is 1.83 bits per heavy atom. The standard InChI is InChI=1S/C15H31N3/c1-4-6-13(3)15(16-7-5-2)14-12-17-8-10-18(14)11-9-17/h13-16H,4-12H2,1-3H3. The monoisotopic (exact) mass is 253 g/mol. The van der Waals surface area contributed by atoms with Crippen molar-refractivity contribution >= 4 is 0 Å². The number of nitrogens with zero attached hydrogens (tertiary/aromatic N) is 2. The minimum atomic E-state index is 0.688. The Hall–Kier alpha value is -0.120. The van der Waals surface area contributed by atoms with Gasteiger partial charge in [0, 0.05) is 44.8 Å². The van der Waals surface area contributed by atoms with Gasteiger partial charge in [0.25, 0.3) is 0 Å². The molecule has 3 nitrogen and oxygen atoms in total. The molecule has 0 aromatic heterocycles. The molecule has 3 atom stereocenters. The SMILES string of the molecule is CCCNC(C(C)CCC)C1CN2CCN1CC2. The minimum absolute atomic E-state index is 0.688. The molecule has 3 saturated heterocycles. The van der Waals surface area contributed by atoms with Gasteiger partial charge in [-0.15, -0.1) is 0 Å². The van der Waals surface area contributed by atoms with Crippen molar-refractivity contribution in [1.82, 2.24) is 15.1 Å². The number of nitrogens with one attached hydrogen (secondary N) is 1. The maximum Gasteiger partial charge on any atom is 0.0380 e. The fourth-order valence-corrected chi connectivity index (χ4v) is 3.66. The molecule has 0 spiro atoms. The molecule has 106 valence electrons. The highest BCUT2D eigenvalue weighted by atomic mass is 15.4. The van der Waals surface area contributed by atoms with Gasteiger partial charge in [-0.05, 0) is 25.3 Å². The Kier molecular flexibility index (Phi) is 5.46. The molecule has 18 heavy (non-hydrogen) atoms. The third kappa shape index (κ3) is 3.25. The quantitative estimate of drug-likeness (QED) is 0.746. The zero-order chi connectivity index (χ0) is 13.0. The molecule has 3 aliphatic heterocycles. The van der Waals surface area contributed by atoms with E-state index in [1.165, 1.54) is 58.5 Å². The zero-order valence-electron chi connectivity index (χ0n) is 12.5. The Morgan fingerprint density at radius 3 is 2.33 bits per heavy atom. The van der Waals surface area contributed by atoms with Gasteiger partial charge in [-0.1, -0.05) is 27.2 Å². The van der Waals surface area contributed by atoms with Crippen LogP contribution in [0.15, 0.2) is 0 Å². The zero-order valence-corrected chi connectivity index (χ0v) is 12.5. The van der Waals surface area contributed by atoms with Crippen LogP contribution in [0.5, 0.6) is 0 Å². The van der Waals surface area contributed by atoms with Crippen LogP contribution in [0.25, 0.3) is 0 Å². The summed E-state index contributed by atoms with van der Waals surface area (Å²) in [7, 11) is 0. The Balaban J connectivity index is 1.98. The summed E-state index contributed by atoms with van der Waals surface area (Å²) in [6.07, 6.45) is 3.90. The smallest absolute Gasteiger partial charge is 0.0380 e. The van der Waals surface area contributed by atoms with E-state index < -0.39 is 0 Å². The summed E-state index contributed by atoms with van der Waals surface area (Å²) in [6, 6.07) is 1.44. The van der Waals surface area contributed by atoms with Crippen molar-refractivity contribution in [3.05, 3.63) is 0 Å². The van der Waals surface area contributed by atoms with E-state index in [4.69, 9.17) is 0 Å². The highest BCUT2D eigenvalue weighted by Crippen LogP contribution is 2.24. The maximum absolute atomic E-state index is 3.84. The van der Waals surface area contributed by atoms with Gasteiger partial charge in [0.05, 0.1) is 0 Å². The van der Waals surface area contributed by atoms with Crippen LogP contribution in [0.2, 0.25) is 0 Å². The highest BCUT2D eigenvalue weighted by molar-refractivity contribution is 4.96. The Labute approximate surface area is 113 Å². The summed E-state index contributed by atoms with van der Waals surface area (Å²) in [4.78, 5) is 5.39. The summed E-state index contributed by atoms with van der Waals surface area (Å²) < 4.78 is 0. The summed E-state index contributed by atoms with van der Waals surface area (Å²) in [5, 5.41) is 3.84. The fourth-order valence-electron chi connectivity index (χ4n) is 3.66. The molecular weight excluding hydrogens is 222 g/mol. The number of rotatable bonds is 7. The van der Waals surface area contributed by atoms with Gasteiger partial charge in [-0.3, -0.25) is 9.80 Å². The van der Waals surface area contributed by atoms with E-state index in [0.717, 1.165) is 12.0 Å². The second-order valence-electron chi connectivity index (χ2n) is 6.15. The molecule has 0 aromatic rings.